The lowest BCUT2D eigenvalue weighted by atomic mass is 9.94. The molecule has 0 fully saturated rings. The lowest BCUT2D eigenvalue weighted by Crippen LogP contribution is -2.29. The fraction of sp³-hybridized carbons (Fsp3) is 0.750. The highest BCUT2D eigenvalue weighted by Crippen LogP contribution is 2.26. The molecule has 0 aromatic heterocycles. The van der Waals surface area contributed by atoms with E-state index in [0.717, 1.165) is 5.76 Å². The van der Waals surface area contributed by atoms with Gasteiger partial charge in [-0.25, -0.2) is 0 Å². The van der Waals surface area contributed by atoms with E-state index >= 15 is 0 Å². The van der Waals surface area contributed by atoms with E-state index in [2.05, 4.69) is 25.9 Å². The van der Waals surface area contributed by atoms with Gasteiger partial charge in [-0.15, -0.1) is 0 Å². The molecule has 3 heteroatoms. The van der Waals surface area contributed by atoms with E-state index in [1.54, 1.807) is 0 Å². The Hall–Kier alpha value is -0.990. The SMILES string of the molecule is C/C=C(\O/N=C(\N)C(C)(C)C)C(C)(C)C. The second-order valence-electron chi connectivity index (χ2n) is 5.72. The predicted molar refractivity (Wildman–Crippen MR) is 65.4 cm³/mol. The maximum absolute atomic E-state index is 5.79. The fourth-order valence-corrected chi connectivity index (χ4v) is 0.858. The molecule has 0 aliphatic heterocycles. The molecule has 0 aliphatic rings. The van der Waals surface area contributed by atoms with Gasteiger partial charge in [-0.1, -0.05) is 46.7 Å². The molecule has 0 saturated carbocycles. The van der Waals surface area contributed by atoms with Gasteiger partial charge in [0.1, 0.15) is 11.6 Å². The summed E-state index contributed by atoms with van der Waals surface area (Å²) in [5.74, 6) is 1.33. The van der Waals surface area contributed by atoms with E-state index < -0.39 is 0 Å². The highest BCUT2D eigenvalue weighted by Gasteiger charge is 2.20. The normalized spacial score (nSPS) is 15.4. The number of rotatable bonds is 2. The van der Waals surface area contributed by atoms with Gasteiger partial charge < -0.3 is 10.6 Å². The van der Waals surface area contributed by atoms with Gasteiger partial charge in [0.2, 0.25) is 0 Å². The highest BCUT2D eigenvalue weighted by atomic mass is 16.6. The van der Waals surface area contributed by atoms with Gasteiger partial charge >= 0.3 is 0 Å². The second-order valence-corrected chi connectivity index (χ2v) is 5.72. The minimum absolute atomic E-state index is 0.0452. The summed E-state index contributed by atoms with van der Waals surface area (Å²) in [5.41, 5.74) is 5.59. The minimum atomic E-state index is -0.156. The Morgan fingerprint density at radius 3 is 1.80 bits per heavy atom. The van der Waals surface area contributed by atoms with E-state index in [1.807, 2.05) is 33.8 Å². The molecule has 0 atom stereocenters. The van der Waals surface area contributed by atoms with Crippen LogP contribution >= 0.6 is 0 Å². The zero-order valence-electron chi connectivity index (χ0n) is 11.0. The summed E-state index contributed by atoms with van der Waals surface area (Å²) in [6.07, 6.45) is 1.92. The van der Waals surface area contributed by atoms with Gasteiger partial charge in [0.05, 0.1) is 0 Å². The van der Waals surface area contributed by atoms with Gasteiger partial charge in [-0.05, 0) is 13.0 Å². The molecule has 3 nitrogen and oxygen atoms in total. The maximum Gasteiger partial charge on any atom is 0.145 e. The van der Waals surface area contributed by atoms with Crippen LogP contribution in [0.25, 0.3) is 0 Å². The van der Waals surface area contributed by atoms with Crippen molar-refractivity contribution in [2.45, 2.75) is 48.5 Å². The van der Waals surface area contributed by atoms with E-state index in [-0.39, 0.29) is 10.8 Å². The smallest absolute Gasteiger partial charge is 0.145 e. The number of hydrogen-bond donors (Lipinski definition) is 1. The van der Waals surface area contributed by atoms with Gasteiger partial charge in [-0.2, -0.15) is 0 Å². The largest absolute Gasteiger partial charge is 0.384 e. The summed E-state index contributed by atoms with van der Waals surface area (Å²) in [7, 11) is 0. The summed E-state index contributed by atoms with van der Waals surface area (Å²) in [6, 6.07) is 0. The van der Waals surface area contributed by atoms with Gasteiger partial charge in [0, 0.05) is 10.8 Å². The molecular weight excluding hydrogens is 188 g/mol. The van der Waals surface area contributed by atoms with Crippen molar-refractivity contribution >= 4 is 5.84 Å². The molecule has 0 saturated heterocycles. The van der Waals surface area contributed by atoms with Crippen LogP contribution in [0, 0.1) is 10.8 Å². The first-order valence-corrected chi connectivity index (χ1v) is 5.27. The van der Waals surface area contributed by atoms with Crippen LogP contribution in [-0.2, 0) is 4.84 Å². The Labute approximate surface area is 93.4 Å². The molecule has 15 heavy (non-hydrogen) atoms. The number of allylic oxidation sites excluding steroid dienone is 2. The quantitative estimate of drug-likeness (QED) is 0.330. The third-order valence-corrected chi connectivity index (χ3v) is 2.01. The Morgan fingerprint density at radius 2 is 1.53 bits per heavy atom. The summed E-state index contributed by atoms with van der Waals surface area (Å²) in [5, 5.41) is 3.96. The highest BCUT2D eigenvalue weighted by molar-refractivity contribution is 5.84. The summed E-state index contributed by atoms with van der Waals surface area (Å²) in [4.78, 5) is 5.37. The van der Waals surface area contributed by atoms with Crippen LogP contribution in [0.15, 0.2) is 17.0 Å². The van der Waals surface area contributed by atoms with Crippen molar-refractivity contribution in [3.63, 3.8) is 0 Å². The van der Waals surface area contributed by atoms with Crippen molar-refractivity contribution in [2.24, 2.45) is 21.7 Å². The predicted octanol–water partition coefficient (Wildman–Crippen LogP) is 3.27. The Balaban J connectivity index is 4.64. The van der Waals surface area contributed by atoms with Gasteiger partial charge in [-0.3, -0.25) is 0 Å². The van der Waals surface area contributed by atoms with E-state index in [9.17, 15) is 0 Å². The van der Waals surface area contributed by atoms with E-state index in [1.165, 1.54) is 0 Å². The average molecular weight is 212 g/mol. The van der Waals surface area contributed by atoms with Crippen molar-refractivity contribution in [1.82, 2.24) is 0 Å². The number of hydrogen-bond acceptors (Lipinski definition) is 2. The topological polar surface area (TPSA) is 47.6 Å². The first-order valence-electron chi connectivity index (χ1n) is 5.27. The molecular formula is C12H24N2O. The van der Waals surface area contributed by atoms with Crippen molar-refractivity contribution in [3.05, 3.63) is 11.8 Å². The van der Waals surface area contributed by atoms with Crippen LogP contribution in [0.4, 0.5) is 0 Å². The summed E-state index contributed by atoms with van der Waals surface area (Å²) < 4.78 is 0. The van der Waals surface area contributed by atoms with E-state index in [0.29, 0.717) is 5.84 Å². The monoisotopic (exact) mass is 212 g/mol. The zero-order chi connectivity index (χ0) is 12.3. The number of nitrogens with zero attached hydrogens (tertiary/aromatic N) is 1. The molecule has 0 rings (SSSR count). The fourth-order valence-electron chi connectivity index (χ4n) is 0.858. The minimum Gasteiger partial charge on any atom is -0.384 e. The zero-order valence-corrected chi connectivity index (χ0v) is 11.0. The Morgan fingerprint density at radius 1 is 1.07 bits per heavy atom. The maximum atomic E-state index is 5.79. The van der Waals surface area contributed by atoms with Crippen LogP contribution in [0.2, 0.25) is 0 Å². The second kappa shape index (κ2) is 4.69. The Bertz CT molecular complexity index is 264. The van der Waals surface area contributed by atoms with Crippen molar-refractivity contribution in [3.8, 4) is 0 Å². The molecule has 0 amide bonds. The van der Waals surface area contributed by atoms with Crippen LogP contribution in [-0.4, -0.2) is 5.84 Å². The molecule has 0 aromatic carbocycles. The lowest BCUT2D eigenvalue weighted by Gasteiger charge is -2.22. The molecule has 88 valence electrons. The lowest BCUT2D eigenvalue weighted by molar-refractivity contribution is 0.157. The molecule has 0 aromatic rings. The molecule has 0 unspecified atom stereocenters. The third-order valence-electron chi connectivity index (χ3n) is 2.01. The van der Waals surface area contributed by atoms with Gasteiger partial charge in [0.15, 0.2) is 0 Å². The van der Waals surface area contributed by atoms with Crippen molar-refractivity contribution < 1.29 is 4.84 Å². The Kier molecular flexibility index (Phi) is 4.38. The third kappa shape index (κ3) is 4.86. The average Bonchev–Trinajstić information content (AvgIpc) is 2.00. The number of oxime groups is 1. The van der Waals surface area contributed by atoms with E-state index in [4.69, 9.17) is 10.6 Å². The van der Waals surface area contributed by atoms with Crippen LogP contribution < -0.4 is 5.73 Å². The first-order chi connectivity index (χ1) is 6.59. The standard InChI is InChI=1S/C12H24N2O/c1-8-9(11(2,3)4)15-14-10(13)12(5,6)7/h8H,1-7H3,(H2,13,14)/b9-8-. The molecule has 0 aliphatic carbocycles. The van der Waals surface area contributed by atoms with Crippen LogP contribution in [0.5, 0.6) is 0 Å². The molecule has 0 bridgehead atoms. The molecule has 2 N–H and O–H groups in total. The van der Waals surface area contributed by atoms with Crippen molar-refractivity contribution in [1.29, 1.82) is 0 Å². The van der Waals surface area contributed by atoms with Crippen molar-refractivity contribution in [2.75, 3.05) is 0 Å². The summed E-state index contributed by atoms with van der Waals surface area (Å²) >= 11 is 0. The first kappa shape index (κ1) is 14.0. The van der Waals surface area contributed by atoms with Crippen LogP contribution in [0.3, 0.4) is 0 Å². The number of amidine groups is 1. The molecule has 0 spiro atoms. The summed E-state index contributed by atoms with van der Waals surface area (Å²) in [6.45, 7) is 14.2. The van der Waals surface area contributed by atoms with Gasteiger partial charge in [0.25, 0.3) is 0 Å². The molecule has 0 radical (unpaired) electrons. The molecule has 0 heterocycles. The number of nitrogens with two attached hydrogens (primary N) is 1. The van der Waals surface area contributed by atoms with Crippen LogP contribution in [0.1, 0.15) is 48.5 Å².